The molecule has 0 amide bonds. The highest BCUT2D eigenvalue weighted by Gasteiger charge is 2.18. The summed E-state index contributed by atoms with van der Waals surface area (Å²) in [4.78, 5) is 41.2. The van der Waals surface area contributed by atoms with Gasteiger partial charge in [-0.2, -0.15) is 0 Å². The van der Waals surface area contributed by atoms with Gasteiger partial charge in [0.15, 0.2) is 11.2 Å². The average Bonchev–Trinajstić information content (AvgIpc) is 3.00. The van der Waals surface area contributed by atoms with Gasteiger partial charge in [0.25, 0.3) is 5.56 Å². The summed E-state index contributed by atoms with van der Waals surface area (Å²) in [6, 6.07) is 9.46. The summed E-state index contributed by atoms with van der Waals surface area (Å²) in [6.07, 6.45) is 1.55. The molecule has 0 aliphatic carbocycles. The second-order valence-corrected chi connectivity index (χ2v) is 5.65. The van der Waals surface area contributed by atoms with Crippen LogP contribution in [0.25, 0.3) is 11.2 Å². The molecule has 1 aromatic carbocycles. The number of carbonyl (C=O) groups excluding carboxylic acids is 1. The Morgan fingerprint density at radius 1 is 1.12 bits per heavy atom. The first kappa shape index (κ1) is 15.9. The minimum atomic E-state index is -0.520. The predicted molar refractivity (Wildman–Crippen MR) is 90.2 cm³/mol. The first-order chi connectivity index (χ1) is 11.5. The number of aryl methyl sites for hydroxylation is 1. The molecule has 0 fully saturated rings. The van der Waals surface area contributed by atoms with E-state index in [1.165, 1.54) is 11.5 Å². The average molecular weight is 326 g/mol. The van der Waals surface area contributed by atoms with Gasteiger partial charge in [-0.05, 0) is 19.4 Å². The summed E-state index contributed by atoms with van der Waals surface area (Å²) in [7, 11) is 0. The number of carbonyl (C=O) groups is 1. The molecule has 0 spiro atoms. The van der Waals surface area contributed by atoms with Crippen LogP contribution in [-0.4, -0.2) is 24.5 Å². The minimum absolute atomic E-state index is 0.239. The topological polar surface area (TPSA) is 78.9 Å². The van der Waals surface area contributed by atoms with Crippen LogP contribution in [0.2, 0.25) is 0 Å². The molecule has 0 aliphatic heterocycles. The van der Waals surface area contributed by atoms with E-state index in [0.29, 0.717) is 17.7 Å². The molecule has 24 heavy (non-hydrogen) atoms. The fourth-order valence-electron chi connectivity index (χ4n) is 2.75. The Labute approximate surface area is 137 Å². The lowest BCUT2D eigenvalue weighted by Crippen LogP contribution is -2.42. The molecule has 124 valence electrons. The van der Waals surface area contributed by atoms with Crippen molar-refractivity contribution in [3.8, 4) is 0 Å². The molecular weight excluding hydrogens is 308 g/mol. The predicted octanol–water partition coefficient (Wildman–Crippen LogP) is 1.02. The fourth-order valence-corrected chi connectivity index (χ4v) is 2.75. The van der Waals surface area contributed by atoms with E-state index < -0.39 is 11.2 Å². The Morgan fingerprint density at radius 3 is 2.46 bits per heavy atom. The Hall–Kier alpha value is -2.96. The second-order valence-electron chi connectivity index (χ2n) is 5.65. The van der Waals surface area contributed by atoms with Crippen LogP contribution in [0.3, 0.4) is 0 Å². The molecule has 0 saturated heterocycles. The van der Waals surface area contributed by atoms with Crippen molar-refractivity contribution in [2.75, 3.05) is 0 Å². The quantitative estimate of drug-likeness (QED) is 0.701. The molecular formula is C17H18N4O3. The molecule has 7 nitrogen and oxygen atoms in total. The van der Waals surface area contributed by atoms with E-state index in [9.17, 15) is 14.4 Å². The van der Waals surface area contributed by atoms with E-state index >= 15 is 0 Å². The van der Waals surface area contributed by atoms with Crippen molar-refractivity contribution in [3.05, 3.63) is 63.1 Å². The summed E-state index contributed by atoms with van der Waals surface area (Å²) in [5.74, 6) is -0.248. The van der Waals surface area contributed by atoms with Gasteiger partial charge in [0.05, 0.1) is 19.4 Å². The lowest BCUT2D eigenvalue weighted by Gasteiger charge is -2.11. The molecule has 0 unspecified atom stereocenters. The van der Waals surface area contributed by atoms with Crippen LogP contribution in [0.15, 0.2) is 46.2 Å². The number of rotatable bonds is 5. The van der Waals surface area contributed by atoms with Gasteiger partial charge in [0, 0.05) is 6.54 Å². The summed E-state index contributed by atoms with van der Waals surface area (Å²) < 4.78 is 4.12. The zero-order valence-corrected chi connectivity index (χ0v) is 13.6. The number of benzene rings is 1. The van der Waals surface area contributed by atoms with Crippen LogP contribution in [0, 0.1) is 0 Å². The van der Waals surface area contributed by atoms with Crippen molar-refractivity contribution in [1.82, 2.24) is 18.7 Å². The van der Waals surface area contributed by atoms with Crippen LogP contribution in [0.5, 0.6) is 0 Å². The molecule has 0 saturated carbocycles. The molecule has 2 heterocycles. The second kappa shape index (κ2) is 6.27. The maximum absolute atomic E-state index is 12.8. The molecule has 0 radical (unpaired) electrons. The van der Waals surface area contributed by atoms with Crippen molar-refractivity contribution < 1.29 is 4.79 Å². The van der Waals surface area contributed by atoms with Crippen LogP contribution in [0.4, 0.5) is 0 Å². The third-order valence-corrected chi connectivity index (χ3v) is 3.89. The smallest absolute Gasteiger partial charge is 0.325 e. The Bertz CT molecular complexity index is 1010. The summed E-state index contributed by atoms with van der Waals surface area (Å²) in [5, 5.41) is 0. The summed E-state index contributed by atoms with van der Waals surface area (Å²) in [6.45, 7) is 3.85. The van der Waals surface area contributed by atoms with Gasteiger partial charge in [-0.25, -0.2) is 9.78 Å². The normalized spacial score (nSPS) is 11.1. The van der Waals surface area contributed by atoms with Crippen LogP contribution < -0.4 is 11.2 Å². The van der Waals surface area contributed by atoms with E-state index in [0.717, 1.165) is 10.1 Å². The number of hydrogen-bond donors (Lipinski definition) is 0. The van der Waals surface area contributed by atoms with Gasteiger partial charge in [-0.3, -0.25) is 18.7 Å². The molecule has 0 bridgehead atoms. The minimum Gasteiger partial charge on any atom is -0.325 e. The van der Waals surface area contributed by atoms with Gasteiger partial charge >= 0.3 is 5.69 Å². The molecule has 3 aromatic rings. The van der Waals surface area contributed by atoms with Gasteiger partial charge in [-0.1, -0.05) is 30.3 Å². The van der Waals surface area contributed by atoms with E-state index in [2.05, 4.69) is 4.98 Å². The molecule has 0 aliphatic rings. The number of ketones is 1. The highest BCUT2D eigenvalue weighted by molar-refractivity contribution is 5.76. The standard InChI is InChI=1S/C17H18N4O3/c1-3-19-11-18-15-14(19)16(23)21(9-12(2)22)17(24)20(15)10-13-7-5-4-6-8-13/h4-8,11H,3,9-10H2,1-2H3. The summed E-state index contributed by atoms with van der Waals surface area (Å²) >= 11 is 0. The van der Waals surface area contributed by atoms with Gasteiger partial charge in [0.2, 0.25) is 0 Å². The van der Waals surface area contributed by atoms with Crippen molar-refractivity contribution in [2.45, 2.75) is 33.5 Å². The Kier molecular flexibility index (Phi) is 4.16. The maximum atomic E-state index is 12.8. The van der Waals surface area contributed by atoms with Crippen LogP contribution in [-0.2, 0) is 24.4 Å². The first-order valence-corrected chi connectivity index (χ1v) is 7.74. The highest BCUT2D eigenvalue weighted by atomic mass is 16.2. The van der Waals surface area contributed by atoms with Crippen LogP contribution >= 0.6 is 0 Å². The molecule has 3 rings (SSSR count). The van der Waals surface area contributed by atoms with E-state index in [1.807, 2.05) is 37.3 Å². The third-order valence-electron chi connectivity index (χ3n) is 3.89. The van der Waals surface area contributed by atoms with E-state index in [4.69, 9.17) is 0 Å². The molecule has 2 aromatic heterocycles. The van der Waals surface area contributed by atoms with Crippen molar-refractivity contribution in [1.29, 1.82) is 0 Å². The zero-order chi connectivity index (χ0) is 17.3. The maximum Gasteiger partial charge on any atom is 0.333 e. The van der Waals surface area contributed by atoms with Crippen molar-refractivity contribution in [2.24, 2.45) is 0 Å². The number of hydrogen-bond acceptors (Lipinski definition) is 4. The Balaban J connectivity index is 2.31. The molecule has 0 N–H and O–H groups in total. The van der Waals surface area contributed by atoms with E-state index in [1.54, 1.807) is 10.9 Å². The number of Topliss-reactive ketones (excluding diaryl/α,β-unsaturated/α-hetero) is 1. The largest absolute Gasteiger partial charge is 0.333 e. The van der Waals surface area contributed by atoms with Crippen molar-refractivity contribution >= 4 is 16.9 Å². The lowest BCUT2D eigenvalue weighted by atomic mass is 10.2. The third kappa shape index (κ3) is 2.68. The van der Waals surface area contributed by atoms with Gasteiger partial charge < -0.3 is 4.57 Å². The van der Waals surface area contributed by atoms with E-state index in [-0.39, 0.29) is 18.9 Å². The van der Waals surface area contributed by atoms with Crippen LogP contribution in [0.1, 0.15) is 19.4 Å². The Morgan fingerprint density at radius 2 is 1.83 bits per heavy atom. The lowest BCUT2D eigenvalue weighted by molar-refractivity contribution is -0.117. The first-order valence-electron chi connectivity index (χ1n) is 7.74. The number of aromatic nitrogens is 4. The number of imidazole rings is 1. The highest BCUT2D eigenvalue weighted by Crippen LogP contribution is 2.09. The number of fused-ring (bicyclic) bond motifs is 1. The number of nitrogens with zero attached hydrogens (tertiary/aromatic N) is 4. The zero-order valence-electron chi connectivity index (χ0n) is 13.6. The SMILES string of the molecule is CCn1cnc2c1c(=O)n(CC(C)=O)c(=O)n2Cc1ccccc1. The monoisotopic (exact) mass is 326 g/mol. The molecule has 7 heteroatoms. The molecule has 0 atom stereocenters. The van der Waals surface area contributed by atoms with Gasteiger partial charge in [-0.15, -0.1) is 0 Å². The fraction of sp³-hybridized carbons (Fsp3) is 0.294. The van der Waals surface area contributed by atoms with Crippen molar-refractivity contribution in [3.63, 3.8) is 0 Å². The summed E-state index contributed by atoms with van der Waals surface area (Å²) in [5.41, 5.74) is 0.603. The van der Waals surface area contributed by atoms with Gasteiger partial charge in [0.1, 0.15) is 5.78 Å².